The Morgan fingerprint density at radius 1 is 1.00 bits per heavy atom. The van der Waals surface area contributed by atoms with Gasteiger partial charge in [0.25, 0.3) is 0 Å². The van der Waals surface area contributed by atoms with Crippen LogP contribution in [-0.4, -0.2) is 43.6 Å². The highest BCUT2D eigenvalue weighted by atomic mass is 35.5. The Bertz CT molecular complexity index is 814. The second-order valence-corrected chi connectivity index (χ2v) is 7.27. The average Bonchev–Trinajstić information content (AvgIpc) is 2.54. The second-order valence-electron chi connectivity index (χ2n) is 4.97. The fourth-order valence-electron chi connectivity index (χ4n) is 1.73. The maximum atomic E-state index is 14.1. The van der Waals surface area contributed by atoms with Gasteiger partial charge in [-0.05, 0) is 30.7 Å². The van der Waals surface area contributed by atoms with Crippen molar-refractivity contribution < 1.29 is 53.1 Å². The van der Waals surface area contributed by atoms with Gasteiger partial charge in [0, 0.05) is 0 Å². The van der Waals surface area contributed by atoms with Crippen LogP contribution in [0.5, 0.6) is 0 Å². The van der Waals surface area contributed by atoms with Crippen LogP contribution in [0.1, 0.15) is 6.92 Å². The van der Waals surface area contributed by atoms with Gasteiger partial charge < -0.3 is 4.74 Å². The van der Waals surface area contributed by atoms with Crippen LogP contribution in [-0.2, 0) is 14.8 Å². The van der Waals surface area contributed by atoms with Crippen LogP contribution in [0.25, 0.3) is 0 Å². The van der Waals surface area contributed by atoms with Gasteiger partial charge >= 0.3 is 38.6 Å². The number of halogens is 9. The molecule has 1 aromatic rings. The van der Waals surface area contributed by atoms with Crippen molar-refractivity contribution in [1.29, 1.82) is 0 Å². The molecule has 0 aliphatic heterocycles. The van der Waals surface area contributed by atoms with Crippen molar-refractivity contribution in [2.24, 2.45) is 0 Å². The number of alkyl halides is 9. The lowest BCUT2D eigenvalue weighted by Gasteiger charge is -2.35. The molecule has 1 rings (SSSR count). The minimum Gasteiger partial charge on any atom is -0.449 e. The molecule has 1 aromatic carbocycles. The number of carbonyl (C=O) groups excluding carboxylic acids is 1. The topological polar surface area (TPSA) is 63.7 Å². The molecule has 1 amide bonds. The zero-order valence-electron chi connectivity index (χ0n) is 13.5. The summed E-state index contributed by atoms with van der Waals surface area (Å²) in [6.45, 7) is 0.457. The van der Waals surface area contributed by atoms with Crippen molar-refractivity contribution in [2.75, 3.05) is 10.9 Å². The Morgan fingerprint density at radius 3 is 1.86 bits per heavy atom. The normalized spacial score (nSPS) is 13.9. The third-order valence-electron chi connectivity index (χ3n) is 3.10. The van der Waals surface area contributed by atoms with Gasteiger partial charge in [0.2, 0.25) is 0 Å². The van der Waals surface area contributed by atoms with Gasteiger partial charge in [-0.2, -0.15) is 47.8 Å². The second kappa shape index (κ2) is 7.54. The molecule has 0 spiro atoms. The monoisotopic (exact) mass is 463 g/mol. The molecule has 0 radical (unpaired) electrons. The van der Waals surface area contributed by atoms with Crippen molar-refractivity contribution in [3.8, 4) is 0 Å². The number of anilines is 1. The number of hydrogen-bond acceptors (Lipinski definition) is 4. The molecule has 15 heteroatoms. The smallest absolute Gasteiger partial charge is 0.432 e. The molecule has 5 nitrogen and oxygen atoms in total. The maximum Gasteiger partial charge on any atom is 0.432 e. The van der Waals surface area contributed by atoms with Crippen molar-refractivity contribution in [3.63, 3.8) is 0 Å². The van der Waals surface area contributed by atoms with Crippen molar-refractivity contribution in [2.45, 2.75) is 29.4 Å². The predicted molar refractivity (Wildman–Crippen MR) is 80.5 cm³/mol. The van der Waals surface area contributed by atoms with Crippen LogP contribution in [0.3, 0.4) is 0 Å². The third-order valence-corrected chi connectivity index (χ3v) is 5.09. The van der Waals surface area contributed by atoms with Crippen LogP contribution in [0.2, 0.25) is 0 Å². The summed E-state index contributed by atoms with van der Waals surface area (Å²) in [6, 6.07) is 4.49. The molecule has 0 saturated carbocycles. The number of sulfonamides is 1. The minimum absolute atomic E-state index is 0.629. The first kappa shape index (κ1) is 24.2. The van der Waals surface area contributed by atoms with E-state index in [4.69, 9.17) is 0 Å². The van der Waals surface area contributed by atoms with E-state index in [1.807, 2.05) is 0 Å². The van der Waals surface area contributed by atoms with E-state index in [2.05, 4.69) is 16.3 Å². The zero-order valence-corrected chi connectivity index (χ0v) is 15.1. The molecule has 0 atom stereocenters. The molecule has 0 aromatic heterocycles. The Labute approximate surface area is 157 Å². The summed E-state index contributed by atoms with van der Waals surface area (Å²) in [5.74, 6) is -14.3. The van der Waals surface area contributed by atoms with Crippen LogP contribution >= 0.6 is 11.6 Å². The highest BCUT2D eigenvalue weighted by Gasteiger charge is 2.85. The molecular formula is C13H10ClF8NO4S. The number of carbonyl (C=O) groups is 1. The average molecular weight is 464 g/mol. The summed E-state index contributed by atoms with van der Waals surface area (Å²) in [7, 11) is -7.07. The lowest BCUT2D eigenvalue weighted by molar-refractivity contribution is -0.326. The molecular weight excluding hydrogens is 454 g/mol. The summed E-state index contributed by atoms with van der Waals surface area (Å²) in [4.78, 5) is 11.8. The lowest BCUT2D eigenvalue weighted by atomic mass is 10.2. The minimum atomic E-state index is -7.23. The summed E-state index contributed by atoms with van der Waals surface area (Å²) in [5, 5.41) is -13.2. The molecule has 0 bridgehead atoms. The Balaban J connectivity index is 3.68. The summed E-state index contributed by atoms with van der Waals surface area (Å²) in [5.41, 5.74) is -1.00. The summed E-state index contributed by atoms with van der Waals surface area (Å²) in [6.07, 6.45) is -2.16. The SMILES string of the molecule is CCOC(=O)N(c1ccccc1)S(=O)(=O)C(F)(F)C(F)(F)C(F)(F)C(F)(F)Cl. The van der Waals surface area contributed by atoms with E-state index in [1.165, 1.54) is 6.07 Å². The number of rotatable bonds is 7. The number of nitrogens with zero attached hydrogens (tertiary/aromatic N) is 1. The van der Waals surface area contributed by atoms with E-state index in [1.54, 1.807) is 0 Å². The van der Waals surface area contributed by atoms with Crippen LogP contribution in [0.4, 0.5) is 45.6 Å². The van der Waals surface area contributed by atoms with E-state index >= 15 is 0 Å². The van der Waals surface area contributed by atoms with Gasteiger partial charge in [0.1, 0.15) is 0 Å². The van der Waals surface area contributed by atoms with E-state index in [-0.39, 0.29) is 0 Å². The predicted octanol–water partition coefficient (Wildman–Crippen LogP) is 4.67. The molecule has 0 aliphatic carbocycles. The molecule has 160 valence electrons. The van der Waals surface area contributed by atoms with Gasteiger partial charge in [-0.25, -0.2) is 4.79 Å². The van der Waals surface area contributed by atoms with Gasteiger partial charge in [0.15, 0.2) is 0 Å². The maximum absolute atomic E-state index is 14.1. The van der Waals surface area contributed by atoms with Crippen molar-refractivity contribution in [3.05, 3.63) is 30.3 Å². The van der Waals surface area contributed by atoms with Crippen LogP contribution < -0.4 is 4.31 Å². The van der Waals surface area contributed by atoms with Gasteiger partial charge in [-0.3, -0.25) is 0 Å². The molecule has 28 heavy (non-hydrogen) atoms. The first-order valence-electron chi connectivity index (χ1n) is 6.93. The van der Waals surface area contributed by atoms with E-state index in [0.29, 0.717) is 12.1 Å². The first-order chi connectivity index (χ1) is 12.5. The standard InChI is InChI=1S/C13H10ClF8NO4S/c1-2-27-9(24)23(8-6-4-3-5-7-8)28(25,26)13(21,22)11(17,18)10(15,16)12(14,19)20/h3-7H,2H2,1H3. The Kier molecular flexibility index (Phi) is 6.52. The number of ether oxygens (including phenoxy) is 1. The lowest BCUT2D eigenvalue weighted by Crippen LogP contribution is -2.65. The van der Waals surface area contributed by atoms with Crippen molar-refractivity contribution in [1.82, 2.24) is 0 Å². The first-order valence-corrected chi connectivity index (χ1v) is 8.75. The number of benzene rings is 1. The largest absolute Gasteiger partial charge is 0.449 e. The highest BCUT2D eigenvalue weighted by molar-refractivity contribution is 7.94. The molecule has 0 unspecified atom stereocenters. The van der Waals surface area contributed by atoms with Crippen LogP contribution in [0.15, 0.2) is 30.3 Å². The van der Waals surface area contributed by atoms with Gasteiger partial charge in [-0.1, -0.05) is 18.2 Å². The number of para-hydroxylation sites is 1. The van der Waals surface area contributed by atoms with Gasteiger partial charge in [0.05, 0.1) is 12.3 Å². The van der Waals surface area contributed by atoms with Gasteiger partial charge in [-0.15, -0.1) is 0 Å². The summed E-state index contributed by atoms with van der Waals surface area (Å²) < 4.78 is 134. The zero-order chi connectivity index (χ0) is 22.2. The number of hydrogen-bond donors (Lipinski definition) is 0. The van der Waals surface area contributed by atoms with E-state index in [0.717, 1.165) is 19.1 Å². The molecule has 0 saturated heterocycles. The van der Waals surface area contributed by atoms with Crippen molar-refractivity contribution >= 4 is 33.4 Å². The third kappa shape index (κ3) is 3.71. The fraction of sp³-hybridized carbons (Fsp3) is 0.462. The Morgan fingerprint density at radius 2 is 1.46 bits per heavy atom. The summed E-state index contributed by atoms with van der Waals surface area (Å²) >= 11 is 3.78. The highest BCUT2D eigenvalue weighted by Crippen LogP contribution is 2.56. The molecule has 0 fully saturated rings. The molecule has 0 N–H and O–H groups in total. The molecule has 0 aliphatic rings. The van der Waals surface area contributed by atoms with E-state index < -0.39 is 55.2 Å². The fourth-order valence-corrected chi connectivity index (χ4v) is 3.17. The quantitative estimate of drug-likeness (QED) is 0.435. The molecule has 0 heterocycles. The van der Waals surface area contributed by atoms with E-state index in [9.17, 15) is 48.3 Å². The van der Waals surface area contributed by atoms with Crippen LogP contribution in [0, 0.1) is 0 Å². The number of amides is 1. The Hall–Kier alpha value is -1.83.